The monoisotopic (exact) mass is 262 g/mol. The molecule has 0 saturated carbocycles. The van der Waals surface area contributed by atoms with Crippen LogP contribution >= 0.6 is 0 Å². The molecule has 2 heterocycles. The number of hydrogen-bond acceptors (Lipinski definition) is 7. The van der Waals surface area contributed by atoms with Crippen molar-refractivity contribution < 1.29 is 19.1 Å². The van der Waals surface area contributed by atoms with Crippen molar-refractivity contribution in [1.29, 1.82) is 0 Å². The Morgan fingerprint density at radius 1 is 1.16 bits per heavy atom. The zero-order valence-electron chi connectivity index (χ0n) is 10.2. The summed E-state index contributed by atoms with van der Waals surface area (Å²) in [5.41, 5.74) is -0.354. The van der Waals surface area contributed by atoms with Gasteiger partial charge < -0.3 is 9.47 Å². The molecule has 0 amide bonds. The minimum Gasteiger partial charge on any atom is -0.464 e. The summed E-state index contributed by atoms with van der Waals surface area (Å²) in [5, 5.41) is 7.36. The minimum atomic E-state index is -0.775. The molecule has 0 fully saturated rings. The first-order valence-corrected chi connectivity index (χ1v) is 5.22. The van der Waals surface area contributed by atoms with Gasteiger partial charge in [0.2, 0.25) is 5.69 Å². The summed E-state index contributed by atoms with van der Waals surface area (Å²) in [6.45, 7) is 0. The first-order chi connectivity index (χ1) is 9.19. The van der Waals surface area contributed by atoms with E-state index in [2.05, 4.69) is 24.8 Å². The molecule has 0 unspecified atom stereocenters. The molecule has 2 rings (SSSR count). The average Bonchev–Trinajstić information content (AvgIpc) is 2.91. The quantitative estimate of drug-likeness (QED) is 0.730. The minimum absolute atomic E-state index is 0.131. The first kappa shape index (κ1) is 12.7. The Balaban J connectivity index is 2.60. The van der Waals surface area contributed by atoms with Gasteiger partial charge in [0.15, 0.2) is 11.5 Å². The number of rotatable bonds is 3. The molecule has 2 aromatic heterocycles. The second-order valence-corrected chi connectivity index (χ2v) is 3.37. The fraction of sp³-hybridized carbons (Fsp3) is 0.182. The number of aromatic nitrogens is 4. The Morgan fingerprint density at radius 3 is 2.47 bits per heavy atom. The average molecular weight is 262 g/mol. The van der Waals surface area contributed by atoms with Crippen LogP contribution in [0.3, 0.4) is 0 Å². The zero-order valence-corrected chi connectivity index (χ0v) is 10.2. The van der Waals surface area contributed by atoms with E-state index in [1.54, 1.807) is 18.2 Å². The molecule has 0 aliphatic carbocycles. The van der Waals surface area contributed by atoms with Gasteiger partial charge in [-0.25, -0.2) is 14.6 Å². The van der Waals surface area contributed by atoms with Crippen molar-refractivity contribution >= 4 is 11.9 Å². The third-order valence-electron chi connectivity index (χ3n) is 2.29. The lowest BCUT2D eigenvalue weighted by Crippen LogP contribution is -2.16. The zero-order chi connectivity index (χ0) is 13.8. The Morgan fingerprint density at radius 2 is 1.89 bits per heavy atom. The van der Waals surface area contributed by atoms with Crippen molar-refractivity contribution in [3.63, 3.8) is 0 Å². The van der Waals surface area contributed by atoms with Crippen LogP contribution in [-0.4, -0.2) is 46.1 Å². The predicted molar refractivity (Wildman–Crippen MR) is 61.8 cm³/mol. The molecule has 0 spiro atoms. The lowest BCUT2D eigenvalue weighted by Gasteiger charge is -2.04. The van der Waals surface area contributed by atoms with E-state index in [1.165, 1.54) is 20.4 Å². The van der Waals surface area contributed by atoms with E-state index >= 15 is 0 Å². The van der Waals surface area contributed by atoms with E-state index in [1.807, 2.05) is 0 Å². The summed E-state index contributed by atoms with van der Waals surface area (Å²) in [6, 6.07) is 5.03. The molecule has 0 saturated heterocycles. The van der Waals surface area contributed by atoms with E-state index in [4.69, 9.17) is 0 Å². The highest BCUT2D eigenvalue weighted by molar-refractivity contribution is 6.00. The van der Waals surface area contributed by atoms with Crippen molar-refractivity contribution in [3.8, 4) is 5.82 Å². The summed E-state index contributed by atoms with van der Waals surface area (Å²) in [5.74, 6) is -1.19. The van der Waals surface area contributed by atoms with Gasteiger partial charge in [-0.15, -0.1) is 5.10 Å². The van der Waals surface area contributed by atoms with E-state index in [0.29, 0.717) is 5.82 Å². The molecule has 2 aromatic rings. The van der Waals surface area contributed by atoms with Gasteiger partial charge in [-0.05, 0) is 12.1 Å². The van der Waals surface area contributed by atoms with Crippen LogP contribution in [0.2, 0.25) is 0 Å². The van der Waals surface area contributed by atoms with Crippen LogP contribution in [0.4, 0.5) is 0 Å². The van der Waals surface area contributed by atoms with Gasteiger partial charge in [-0.2, -0.15) is 4.68 Å². The van der Waals surface area contributed by atoms with Gasteiger partial charge in [0.05, 0.1) is 14.2 Å². The number of hydrogen-bond donors (Lipinski definition) is 0. The van der Waals surface area contributed by atoms with Gasteiger partial charge in [0.1, 0.15) is 0 Å². The number of esters is 2. The summed E-state index contributed by atoms with van der Waals surface area (Å²) < 4.78 is 10.3. The highest BCUT2D eigenvalue weighted by Crippen LogP contribution is 2.13. The van der Waals surface area contributed by atoms with Gasteiger partial charge >= 0.3 is 11.9 Å². The van der Waals surface area contributed by atoms with E-state index in [0.717, 1.165) is 4.68 Å². The SMILES string of the molecule is COC(=O)c1nnn(-c2ccccn2)c1C(=O)OC. The Bertz CT molecular complexity index is 608. The van der Waals surface area contributed by atoms with E-state index in [-0.39, 0.29) is 11.4 Å². The summed E-state index contributed by atoms with van der Waals surface area (Å²) in [6.07, 6.45) is 1.52. The summed E-state index contributed by atoms with van der Waals surface area (Å²) in [4.78, 5) is 27.3. The Kier molecular flexibility index (Phi) is 3.51. The molecule has 8 nitrogen and oxygen atoms in total. The standard InChI is InChI=1S/C11H10N4O4/c1-18-10(16)8-9(11(17)19-2)15(14-13-8)7-5-3-4-6-12-7/h3-6H,1-2H3. The normalized spacial score (nSPS) is 10.0. The van der Waals surface area contributed by atoms with E-state index < -0.39 is 11.9 Å². The Labute approximate surface area is 108 Å². The van der Waals surface area contributed by atoms with Crippen LogP contribution in [0, 0.1) is 0 Å². The van der Waals surface area contributed by atoms with Crippen LogP contribution in [0.15, 0.2) is 24.4 Å². The number of nitrogens with zero attached hydrogens (tertiary/aromatic N) is 4. The van der Waals surface area contributed by atoms with Crippen LogP contribution in [0.25, 0.3) is 5.82 Å². The number of carbonyl (C=O) groups is 2. The largest absolute Gasteiger partial charge is 0.464 e. The lowest BCUT2D eigenvalue weighted by molar-refractivity contribution is 0.0545. The van der Waals surface area contributed by atoms with Gasteiger partial charge in [0, 0.05) is 6.20 Å². The maximum atomic E-state index is 11.8. The molecule has 0 atom stereocenters. The van der Waals surface area contributed by atoms with E-state index in [9.17, 15) is 9.59 Å². The van der Waals surface area contributed by atoms with Gasteiger partial charge in [0.25, 0.3) is 0 Å². The molecule has 0 radical (unpaired) electrons. The van der Waals surface area contributed by atoms with Crippen LogP contribution in [0.1, 0.15) is 21.0 Å². The third-order valence-corrected chi connectivity index (χ3v) is 2.29. The van der Waals surface area contributed by atoms with Crippen LogP contribution in [-0.2, 0) is 9.47 Å². The van der Waals surface area contributed by atoms with Crippen LogP contribution < -0.4 is 0 Å². The fourth-order valence-corrected chi connectivity index (χ4v) is 1.44. The molecule has 0 N–H and O–H groups in total. The molecule has 8 heteroatoms. The summed E-state index contributed by atoms with van der Waals surface area (Å²) in [7, 11) is 2.38. The second kappa shape index (κ2) is 5.25. The topological polar surface area (TPSA) is 96.2 Å². The Hall–Kier alpha value is -2.77. The maximum absolute atomic E-state index is 11.8. The maximum Gasteiger partial charge on any atom is 0.361 e. The predicted octanol–water partition coefficient (Wildman–Crippen LogP) is 0.235. The molecule has 19 heavy (non-hydrogen) atoms. The smallest absolute Gasteiger partial charge is 0.361 e. The molecule has 0 aliphatic rings. The first-order valence-electron chi connectivity index (χ1n) is 5.22. The lowest BCUT2D eigenvalue weighted by atomic mass is 10.3. The molecule has 0 aliphatic heterocycles. The highest BCUT2D eigenvalue weighted by atomic mass is 16.5. The molecule has 0 bridgehead atoms. The molecule has 98 valence electrons. The number of ether oxygens (including phenoxy) is 2. The van der Waals surface area contributed by atoms with Crippen molar-refractivity contribution in [2.24, 2.45) is 0 Å². The van der Waals surface area contributed by atoms with Crippen molar-refractivity contribution in [2.75, 3.05) is 14.2 Å². The number of carbonyl (C=O) groups excluding carboxylic acids is 2. The van der Waals surface area contributed by atoms with Crippen molar-refractivity contribution in [2.45, 2.75) is 0 Å². The second-order valence-electron chi connectivity index (χ2n) is 3.37. The molecular weight excluding hydrogens is 252 g/mol. The number of pyridine rings is 1. The fourth-order valence-electron chi connectivity index (χ4n) is 1.44. The third kappa shape index (κ3) is 2.28. The van der Waals surface area contributed by atoms with Gasteiger partial charge in [-0.3, -0.25) is 0 Å². The highest BCUT2D eigenvalue weighted by Gasteiger charge is 2.27. The van der Waals surface area contributed by atoms with Gasteiger partial charge in [-0.1, -0.05) is 11.3 Å². The van der Waals surface area contributed by atoms with Crippen LogP contribution in [0.5, 0.6) is 0 Å². The molecular formula is C11H10N4O4. The molecule has 0 aromatic carbocycles. The summed E-state index contributed by atoms with van der Waals surface area (Å²) >= 11 is 0. The number of methoxy groups -OCH3 is 2. The van der Waals surface area contributed by atoms with Crippen molar-refractivity contribution in [3.05, 3.63) is 35.8 Å². The van der Waals surface area contributed by atoms with Crippen molar-refractivity contribution in [1.82, 2.24) is 20.0 Å².